The van der Waals surface area contributed by atoms with Gasteiger partial charge < -0.3 is 35.4 Å². The highest BCUT2D eigenvalue weighted by Gasteiger charge is 2.48. The number of primary amides is 1. The van der Waals surface area contributed by atoms with Crippen LogP contribution in [0.4, 0.5) is 0 Å². The predicted molar refractivity (Wildman–Crippen MR) is 191 cm³/mol. The summed E-state index contributed by atoms with van der Waals surface area (Å²) in [6, 6.07) is 13.0. The van der Waals surface area contributed by atoms with Gasteiger partial charge in [0, 0.05) is 58.5 Å². The normalized spacial score (nSPS) is 21.9. The Morgan fingerprint density at radius 1 is 0.904 bits per heavy atom. The molecule has 3 aromatic rings. The van der Waals surface area contributed by atoms with Gasteiger partial charge in [0.15, 0.2) is 0 Å². The van der Waals surface area contributed by atoms with Gasteiger partial charge in [-0.25, -0.2) is 0 Å². The number of rotatable bonds is 10. The lowest BCUT2D eigenvalue weighted by atomic mass is 10.0. The average molecular weight is 712 g/mol. The van der Waals surface area contributed by atoms with Crippen molar-refractivity contribution in [3.05, 3.63) is 71.9 Å². The van der Waals surface area contributed by atoms with Crippen LogP contribution in [0.15, 0.2) is 60.8 Å². The Morgan fingerprint density at radius 3 is 2.27 bits per heavy atom. The average Bonchev–Trinajstić information content (AvgIpc) is 3.91. The molecule has 274 valence electrons. The standard InChI is InChI=1S/C38H45N7O7/c1-23(46)43-16-6-11-32(43)37(50)45-22-28(20-33(45)38(51)44-17-7-10-31(44)36(49)42(2)3)52-27-14-12-24(13-15-27)18-30(34(39)47)41-35(48)26-19-25-8-4-5-9-29(25)40-21-26/h4-5,8-9,12-15,19,21,28,30-33H,6-7,10-11,16-18,20,22H2,1-3H3,(H2,39,47)(H,41,48)/t28-,30-,31-,32-,33-/m0/s1. The van der Waals surface area contributed by atoms with Crippen LogP contribution in [-0.4, -0.2) is 124 Å². The van der Waals surface area contributed by atoms with E-state index < -0.39 is 42.1 Å². The van der Waals surface area contributed by atoms with E-state index in [0.29, 0.717) is 50.1 Å². The van der Waals surface area contributed by atoms with Crippen molar-refractivity contribution >= 4 is 46.3 Å². The molecule has 0 bridgehead atoms. The van der Waals surface area contributed by atoms with Crippen molar-refractivity contribution in [3.8, 4) is 5.75 Å². The monoisotopic (exact) mass is 711 g/mol. The van der Waals surface area contributed by atoms with Crippen molar-refractivity contribution < 1.29 is 33.5 Å². The fourth-order valence-corrected chi connectivity index (χ4v) is 7.52. The second-order valence-electron chi connectivity index (χ2n) is 14.0. The zero-order valence-electron chi connectivity index (χ0n) is 29.7. The molecule has 14 nitrogen and oxygen atoms in total. The molecule has 52 heavy (non-hydrogen) atoms. The van der Waals surface area contributed by atoms with Crippen LogP contribution in [0.2, 0.25) is 0 Å². The van der Waals surface area contributed by atoms with Crippen LogP contribution in [0, 0.1) is 0 Å². The summed E-state index contributed by atoms with van der Waals surface area (Å²) >= 11 is 0. The van der Waals surface area contributed by atoms with E-state index in [2.05, 4.69) is 10.3 Å². The molecular formula is C38H45N7O7. The third-order valence-electron chi connectivity index (χ3n) is 10.2. The number of hydrogen-bond donors (Lipinski definition) is 2. The van der Waals surface area contributed by atoms with Crippen molar-refractivity contribution in [1.29, 1.82) is 0 Å². The summed E-state index contributed by atoms with van der Waals surface area (Å²) in [5, 5.41) is 3.51. The number of ether oxygens (including phenoxy) is 1. The number of nitrogens with zero attached hydrogens (tertiary/aromatic N) is 5. The van der Waals surface area contributed by atoms with Crippen LogP contribution < -0.4 is 15.8 Å². The largest absolute Gasteiger partial charge is 0.488 e. The smallest absolute Gasteiger partial charge is 0.253 e. The number of likely N-dealkylation sites (N-methyl/N-ethyl adjacent to an activating group) is 1. The van der Waals surface area contributed by atoms with Gasteiger partial charge in [0.2, 0.25) is 29.5 Å². The molecule has 3 aliphatic rings. The van der Waals surface area contributed by atoms with Crippen LogP contribution >= 0.6 is 0 Å². The molecular weight excluding hydrogens is 666 g/mol. The fraction of sp³-hybridized carbons (Fsp3) is 0.447. The van der Waals surface area contributed by atoms with E-state index in [1.165, 1.54) is 22.9 Å². The Hall–Kier alpha value is -5.53. The van der Waals surface area contributed by atoms with Crippen LogP contribution in [0.3, 0.4) is 0 Å². The van der Waals surface area contributed by atoms with Crippen molar-refractivity contribution in [2.45, 2.75) is 75.7 Å². The number of carbonyl (C=O) groups excluding carboxylic acids is 6. The summed E-state index contributed by atoms with van der Waals surface area (Å²) in [5.74, 6) is -1.60. The van der Waals surface area contributed by atoms with E-state index in [1.807, 2.05) is 24.3 Å². The van der Waals surface area contributed by atoms with E-state index in [-0.39, 0.29) is 43.0 Å². The Labute approximate surface area is 302 Å². The third kappa shape index (κ3) is 7.70. The number of para-hydroxylation sites is 1. The number of amides is 6. The molecule has 0 spiro atoms. The highest BCUT2D eigenvalue weighted by molar-refractivity contribution is 5.99. The van der Waals surface area contributed by atoms with E-state index in [1.54, 1.807) is 54.2 Å². The summed E-state index contributed by atoms with van der Waals surface area (Å²) in [6.45, 7) is 2.48. The minimum Gasteiger partial charge on any atom is -0.488 e. The Morgan fingerprint density at radius 2 is 1.58 bits per heavy atom. The van der Waals surface area contributed by atoms with Crippen LogP contribution in [0.25, 0.3) is 10.9 Å². The molecule has 6 amide bonds. The molecule has 0 saturated carbocycles. The van der Waals surface area contributed by atoms with E-state index in [4.69, 9.17) is 10.5 Å². The third-order valence-corrected chi connectivity index (χ3v) is 10.2. The van der Waals surface area contributed by atoms with E-state index in [9.17, 15) is 28.8 Å². The zero-order valence-corrected chi connectivity index (χ0v) is 29.7. The summed E-state index contributed by atoms with van der Waals surface area (Å²) in [7, 11) is 3.32. The summed E-state index contributed by atoms with van der Waals surface area (Å²) < 4.78 is 6.32. The molecule has 0 aliphatic carbocycles. The van der Waals surface area contributed by atoms with Crippen molar-refractivity contribution in [2.24, 2.45) is 5.73 Å². The Bertz CT molecular complexity index is 1870. The topological polar surface area (TPSA) is 176 Å². The first-order valence-corrected chi connectivity index (χ1v) is 17.7. The van der Waals surface area contributed by atoms with Gasteiger partial charge in [0.25, 0.3) is 5.91 Å². The van der Waals surface area contributed by atoms with Crippen molar-refractivity contribution in [1.82, 2.24) is 29.9 Å². The second kappa shape index (κ2) is 15.4. The molecule has 0 radical (unpaired) electrons. The number of pyridine rings is 1. The minimum atomic E-state index is -0.981. The number of hydrogen-bond acceptors (Lipinski definition) is 8. The zero-order chi connectivity index (χ0) is 37.1. The number of nitrogens with one attached hydrogen (secondary N) is 1. The molecule has 5 atom stereocenters. The van der Waals surface area contributed by atoms with Gasteiger partial charge in [-0.2, -0.15) is 0 Å². The highest BCUT2D eigenvalue weighted by atomic mass is 16.5. The number of aromatic nitrogens is 1. The molecule has 6 rings (SSSR count). The maximum absolute atomic E-state index is 14.1. The van der Waals surface area contributed by atoms with Crippen molar-refractivity contribution in [3.63, 3.8) is 0 Å². The van der Waals surface area contributed by atoms with Gasteiger partial charge in [0.05, 0.1) is 17.6 Å². The SMILES string of the molecule is CC(=O)N1CCC[C@H]1C(=O)N1C[C@@H](Oc2ccc(C[C@H](NC(=O)c3cnc4ccccc4c3)C(N)=O)cc2)C[C@H]1C(=O)N1CCC[C@H]1C(=O)N(C)C. The quantitative estimate of drug-likeness (QED) is 0.318. The first-order valence-electron chi connectivity index (χ1n) is 17.7. The maximum Gasteiger partial charge on any atom is 0.253 e. The predicted octanol–water partition coefficient (Wildman–Crippen LogP) is 1.50. The lowest BCUT2D eigenvalue weighted by Crippen LogP contribution is -2.55. The van der Waals surface area contributed by atoms with Gasteiger partial charge in [-0.05, 0) is 55.5 Å². The number of nitrogens with two attached hydrogens (primary N) is 1. The molecule has 3 aliphatic heterocycles. The van der Waals surface area contributed by atoms with Crippen molar-refractivity contribution in [2.75, 3.05) is 33.7 Å². The Balaban J connectivity index is 1.14. The summed E-state index contributed by atoms with van der Waals surface area (Å²) in [5.41, 5.74) is 7.45. The van der Waals surface area contributed by atoms with Gasteiger partial charge in [-0.3, -0.25) is 33.8 Å². The van der Waals surface area contributed by atoms with Gasteiger partial charge in [-0.1, -0.05) is 30.3 Å². The Kier molecular flexibility index (Phi) is 10.7. The molecule has 4 heterocycles. The molecule has 3 fully saturated rings. The van der Waals surface area contributed by atoms with Crippen LogP contribution in [-0.2, 0) is 30.4 Å². The maximum atomic E-state index is 14.1. The second-order valence-corrected chi connectivity index (χ2v) is 14.0. The van der Waals surface area contributed by atoms with E-state index >= 15 is 0 Å². The summed E-state index contributed by atoms with van der Waals surface area (Å²) in [6.07, 6.45) is 3.73. The first-order chi connectivity index (χ1) is 24.9. The van der Waals surface area contributed by atoms with E-state index in [0.717, 1.165) is 16.5 Å². The van der Waals surface area contributed by atoms with Crippen LogP contribution in [0.5, 0.6) is 5.75 Å². The molecule has 3 saturated heterocycles. The highest BCUT2D eigenvalue weighted by Crippen LogP contribution is 2.31. The minimum absolute atomic E-state index is 0.138. The fourth-order valence-electron chi connectivity index (χ4n) is 7.52. The van der Waals surface area contributed by atoms with Gasteiger partial charge in [0.1, 0.15) is 36.0 Å². The summed E-state index contributed by atoms with van der Waals surface area (Å²) in [4.78, 5) is 89.3. The molecule has 3 N–H and O–H groups in total. The molecule has 14 heteroatoms. The van der Waals surface area contributed by atoms with Gasteiger partial charge >= 0.3 is 0 Å². The molecule has 0 unspecified atom stereocenters. The van der Waals surface area contributed by atoms with Gasteiger partial charge in [-0.15, -0.1) is 0 Å². The number of carbonyl (C=O) groups is 6. The van der Waals surface area contributed by atoms with Crippen LogP contribution in [0.1, 0.15) is 54.9 Å². The molecule has 2 aromatic carbocycles. The number of fused-ring (bicyclic) bond motifs is 1. The number of benzene rings is 2. The molecule has 1 aromatic heterocycles. The number of likely N-dealkylation sites (tertiary alicyclic amines) is 3. The lowest BCUT2D eigenvalue weighted by Gasteiger charge is -2.34. The lowest BCUT2D eigenvalue weighted by molar-refractivity contribution is -0.151. The first kappa shape index (κ1) is 36.3.